The van der Waals surface area contributed by atoms with Gasteiger partial charge in [-0.1, -0.05) is 18.2 Å². The summed E-state index contributed by atoms with van der Waals surface area (Å²) in [5.41, 5.74) is 9.51. The molecular weight excluding hydrogens is 466 g/mol. The molecule has 2 aromatic carbocycles. The van der Waals surface area contributed by atoms with Crippen molar-refractivity contribution >= 4 is 17.4 Å². The number of anilines is 1. The molecular formula is C29H31N5O3. The van der Waals surface area contributed by atoms with Crippen molar-refractivity contribution in [2.24, 2.45) is 5.41 Å². The summed E-state index contributed by atoms with van der Waals surface area (Å²) < 4.78 is 7.89. The molecule has 1 aliphatic heterocycles. The molecule has 1 saturated carbocycles. The lowest BCUT2D eigenvalue weighted by atomic mass is 9.65. The fraction of sp³-hybridized carbons (Fsp3) is 0.345. The fourth-order valence-electron chi connectivity index (χ4n) is 5.88. The molecule has 6 rings (SSSR count). The molecule has 0 radical (unpaired) electrons. The minimum atomic E-state index is -0.929. The molecule has 2 fully saturated rings. The summed E-state index contributed by atoms with van der Waals surface area (Å²) in [6.07, 6.45) is 4.92. The number of nitrogen functional groups attached to an aromatic ring is 1. The van der Waals surface area contributed by atoms with Crippen molar-refractivity contribution in [1.29, 1.82) is 0 Å². The van der Waals surface area contributed by atoms with E-state index in [1.165, 1.54) is 6.92 Å². The number of aromatic nitrogens is 3. The van der Waals surface area contributed by atoms with Gasteiger partial charge in [0.05, 0.1) is 11.2 Å². The van der Waals surface area contributed by atoms with Crippen molar-refractivity contribution in [3.63, 3.8) is 0 Å². The van der Waals surface area contributed by atoms with E-state index in [9.17, 15) is 9.90 Å². The second kappa shape index (κ2) is 9.19. The zero-order chi connectivity index (χ0) is 25.6. The van der Waals surface area contributed by atoms with Crippen molar-refractivity contribution in [2.45, 2.75) is 44.6 Å². The molecule has 3 N–H and O–H groups in total. The SMILES string of the molecule is C[C@H](O)C(=O)N1CC2(CCC(c3nc(-c4ccc(Oc5ccccc5)cc4)n4c(N)nccc34)CC2)C1. The highest BCUT2D eigenvalue weighted by atomic mass is 16.5. The van der Waals surface area contributed by atoms with Crippen molar-refractivity contribution in [3.8, 4) is 22.9 Å². The summed E-state index contributed by atoms with van der Waals surface area (Å²) in [6, 6.07) is 19.6. The van der Waals surface area contributed by atoms with Crippen molar-refractivity contribution < 1.29 is 14.6 Å². The average Bonchev–Trinajstić information content (AvgIpc) is 3.29. The number of amides is 1. The Bertz CT molecular complexity index is 1420. The third kappa shape index (κ3) is 4.31. The molecule has 1 aliphatic carbocycles. The quantitative estimate of drug-likeness (QED) is 0.416. The molecule has 1 atom stereocenters. The zero-order valence-corrected chi connectivity index (χ0v) is 20.9. The van der Waals surface area contributed by atoms with Gasteiger partial charge >= 0.3 is 0 Å². The lowest BCUT2D eigenvalue weighted by Gasteiger charge is -2.53. The highest BCUT2D eigenvalue weighted by Crippen LogP contribution is 2.49. The number of fused-ring (bicyclic) bond motifs is 1. The molecule has 0 bridgehead atoms. The molecule has 37 heavy (non-hydrogen) atoms. The number of aliphatic hydroxyl groups excluding tert-OH is 1. The number of carbonyl (C=O) groups is 1. The van der Waals surface area contributed by atoms with Gasteiger partial charge in [-0.05, 0) is 75.1 Å². The van der Waals surface area contributed by atoms with E-state index >= 15 is 0 Å². The minimum absolute atomic E-state index is 0.166. The highest BCUT2D eigenvalue weighted by molar-refractivity contribution is 5.81. The van der Waals surface area contributed by atoms with E-state index < -0.39 is 6.10 Å². The number of nitrogens with two attached hydrogens (primary N) is 1. The Morgan fingerprint density at radius 3 is 2.41 bits per heavy atom. The van der Waals surface area contributed by atoms with E-state index in [2.05, 4.69) is 4.98 Å². The standard InChI is InChI=1S/C29H31N5O3/c1-19(35)27(36)33-17-29(18-33)14-11-20(12-15-29)25-24-13-16-31-28(30)34(24)26(32-25)21-7-9-23(10-8-21)37-22-5-3-2-4-6-22/h2-10,13,16,19-20,35H,11-12,14-15,17-18H2,1H3,(H2,30,31)/t19-/m0/s1. The summed E-state index contributed by atoms with van der Waals surface area (Å²) in [7, 11) is 0. The van der Waals surface area contributed by atoms with E-state index in [0.717, 1.165) is 72.9 Å². The number of ether oxygens (including phenoxy) is 1. The number of carbonyl (C=O) groups excluding carboxylic acids is 1. The first-order valence-corrected chi connectivity index (χ1v) is 12.9. The maximum atomic E-state index is 12.1. The number of likely N-dealkylation sites (tertiary alicyclic amines) is 1. The first-order valence-electron chi connectivity index (χ1n) is 12.9. The van der Waals surface area contributed by atoms with Crippen LogP contribution in [-0.4, -0.2) is 49.5 Å². The molecule has 1 saturated heterocycles. The first-order chi connectivity index (χ1) is 17.9. The number of imidazole rings is 1. The molecule has 8 nitrogen and oxygen atoms in total. The normalized spacial score (nSPS) is 18.1. The van der Waals surface area contributed by atoms with Gasteiger partial charge in [-0.3, -0.25) is 9.20 Å². The number of hydrogen-bond donors (Lipinski definition) is 2. The average molecular weight is 498 g/mol. The Kier molecular flexibility index (Phi) is 5.83. The van der Waals surface area contributed by atoms with Crippen LogP contribution in [0.15, 0.2) is 66.9 Å². The van der Waals surface area contributed by atoms with Gasteiger partial charge in [0.2, 0.25) is 5.95 Å². The van der Waals surface area contributed by atoms with Crippen LogP contribution < -0.4 is 10.5 Å². The lowest BCUT2D eigenvalue weighted by Crippen LogP contribution is -2.61. The van der Waals surface area contributed by atoms with E-state index in [1.807, 2.05) is 65.1 Å². The predicted molar refractivity (Wildman–Crippen MR) is 141 cm³/mol. The lowest BCUT2D eigenvalue weighted by molar-refractivity contribution is -0.154. The Hall–Kier alpha value is -3.91. The molecule has 190 valence electrons. The maximum Gasteiger partial charge on any atom is 0.251 e. The second-order valence-corrected chi connectivity index (χ2v) is 10.4. The molecule has 1 amide bonds. The fourth-order valence-corrected chi connectivity index (χ4v) is 5.88. The molecule has 2 aromatic heterocycles. The number of benzene rings is 2. The number of nitrogens with zero attached hydrogens (tertiary/aromatic N) is 4. The Morgan fingerprint density at radius 1 is 1.05 bits per heavy atom. The van der Waals surface area contributed by atoms with Crippen LogP contribution >= 0.6 is 0 Å². The molecule has 3 heterocycles. The first kappa shape index (κ1) is 23.5. The monoisotopic (exact) mass is 497 g/mol. The van der Waals surface area contributed by atoms with Crippen LogP contribution in [-0.2, 0) is 4.79 Å². The van der Waals surface area contributed by atoms with Gasteiger partial charge in [0.25, 0.3) is 5.91 Å². The Morgan fingerprint density at radius 2 is 1.73 bits per heavy atom. The van der Waals surface area contributed by atoms with Crippen molar-refractivity contribution in [3.05, 3.63) is 72.6 Å². The summed E-state index contributed by atoms with van der Waals surface area (Å²) in [4.78, 5) is 23.3. The third-order valence-electron chi connectivity index (χ3n) is 7.86. The number of para-hydroxylation sites is 1. The van der Waals surface area contributed by atoms with Crippen LogP contribution in [0, 0.1) is 5.41 Å². The molecule has 0 unspecified atom stereocenters. The molecule has 8 heteroatoms. The summed E-state index contributed by atoms with van der Waals surface area (Å²) in [6.45, 7) is 3.02. The van der Waals surface area contributed by atoms with Gasteiger partial charge in [-0.25, -0.2) is 9.97 Å². The summed E-state index contributed by atoms with van der Waals surface area (Å²) >= 11 is 0. The van der Waals surface area contributed by atoms with Crippen LogP contribution in [0.2, 0.25) is 0 Å². The Balaban J connectivity index is 1.23. The zero-order valence-electron chi connectivity index (χ0n) is 20.9. The van der Waals surface area contributed by atoms with E-state index in [-0.39, 0.29) is 11.3 Å². The summed E-state index contributed by atoms with van der Waals surface area (Å²) in [5, 5.41) is 9.61. The maximum absolute atomic E-state index is 12.1. The van der Waals surface area contributed by atoms with Gasteiger partial charge in [-0.2, -0.15) is 0 Å². The smallest absolute Gasteiger partial charge is 0.251 e. The van der Waals surface area contributed by atoms with E-state index in [4.69, 9.17) is 15.5 Å². The van der Waals surface area contributed by atoms with Crippen LogP contribution in [0.25, 0.3) is 16.9 Å². The van der Waals surface area contributed by atoms with E-state index in [1.54, 1.807) is 11.1 Å². The Labute approximate surface area is 215 Å². The van der Waals surface area contributed by atoms with Crippen LogP contribution in [0.3, 0.4) is 0 Å². The van der Waals surface area contributed by atoms with Crippen LogP contribution in [0.5, 0.6) is 11.5 Å². The van der Waals surface area contributed by atoms with Crippen molar-refractivity contribution in [2.75, 3.05) is 18.8 Å². The second-order valence-electron chi connectivity index (χ2n) is 10.4. The summed E-state index contributed by atoms with van der Waals surface area (Å²) in [5.74, 6) is 2.88. The van der Waals surface area contributed by atoms with Gasteiger partial charge in [0.15, 0.2) is 0 Å². The van der Waals surface area contributed by atoms with Gasteiger partial charge in [-0.15, -0.1) is 0 Å². The molecule has 4 aromatic rings. The minimum Gasteiger partial charge on any atom is -0.457 e. The van der Waals surface area contributed by atoms with Crippen LogP contribution in [0.1, 0.15) is 44.2 Å². The van der Waals surface area contributed by atoms with Gasteiger partial charge in [0.1, 0.15) is 23.4 Å². The van der Waals surface area contributed by atoms with Crippen LogP contribution in [0.4, 0.5) is 5.95 Å². The molecule has 1 spiro atoms. The largest absolute Gasteiger partial charge is 0.457 e. The number of aliphatic hydroxyl groups is 1. The van der Waals surface area contributed by atoms with Gasteiger partial charge < -0.3 is 20.5 Å². The molecule has 2 aliphatic rings. The third-order valence-corrected chi connectivity index (χ3v) is 7.86. The van der Waals surface area contributed by atoms with E-state index in [0.29, 0.717) is 11.9 Å². The van der Waals surface area contributed by atoms with Crippen molar-refractivity contribution in [1.82, 2.24) is 19.3 Å². The van der Waals surface area contributed by atoms with Gasteiger partial charge in [0, 0.05) is 36.2 Å². The number of rotatable bonds is 5. The number of hydrogen-bond acceptors (Lipinski definition) is 6. The topological polar surface area (TPSA) is 106 Å². The predicted octanol–water partition coefficient (Wildman–Crippen LogP) is 4.64. The highest BCUT2D eigenvalue weighted by Gasteiger charge is 2.48.